The maximum Gasteiger partial charge on any atom is 0.351 e. The van der Waals surface area contributed by atoms with Crippen molar-refractivity contribution in [2.75, 3.05) is 62.1 Å². The summed E-state index contributed by atoms with van der Waals surface area (Å²) in [5, 5.41) is 86.3. The lowest BCUT2D eigenvalue weighted by molar-refractivity contribution is -0.134. The number of hydrogen-bond acceptors (Lipinski definition) is 29. The zero-order valence-electron chi connectivity index (χ0n) is 66.3. The van der Waals surface area contributed by atoms with E-state index in [1.807, 2.05) is 0 Å². The number of aromatic nitrogens is 6. The zero-order valence-corrected chi connectivity index (χ0v) is 66.3. The molecule has 0 bridgehead atoms. The first-order valence-corrected chi connectivity index (χ1v) is 38.0. The van der Waals surface area contributed by atoms with Crippen LogP contribution in [0.2, 0.25) is 0 Å². The quantitative estimate of drug-likeness (QED) is 0.0239. The number of aliphatic hydroxyl groups excluding tert-OH is 6. The standard InChI is InChI=1S/C71H108F3N17O25/c1-13-40-50(96)53(99)65(114-40)89-25-37(72)56(85-68(89)108)82-59(102)34(10)76-62(105)47(31(4)5)79-43(92)18-22-111-28-71(88-46(95)17-16-21-75,29-112-23-19-44(93)80-48(32(6)7)63(106)77-35(11)60(103)83-57-38(73)26-90(69(109)86-57)66-54(100)51(97)41(14-2)115-66)30-113-24-20-45(94)81-49(33(8)9)64(107)78-36(12)61(104)84-58-39(74)27-91(70(110)87-58)67-55(101)52(98)42(15-3)116-67/h25-27,31-36,40-42,47-55,65-67,96-101H,13-24,28-30,75H2,1-12H3,(H,76,105)(H,77,106)(H,78,107)(H,79,92)(H,80,93)(H,81,94)(H,88,95)(H,82,85,102,108)(H,83,86,103,109)(H,84,87,104,110)/t34-,35-,36-,40+,41+,42+,47-,48-,49-,50+,51+,52+,53+,54+,55+,65+,66+,67+/m0/s1. The molecule has 0 aliphatic carbocycles. The molecule has 3 fully saturated rings. The Hall–Kier alpha value is -9.39. The number of ether oxygens (including phenoxy) is 6. The Balaban J connectivity index is 1.11. The second kappa shape index (κ2) is 43.7. The zero-order chi connectivity index (χ0) is 86.5. The van der Waals surface area contributed by atoms with Gasteiger partial charge in [-0.1, -0.05) is 62.3 Å². The summed E-state index contributed by atoms with van der Waals surface area (Å²) in [5.41, 5.74) is 0.505. The van der Waals surface area contributed by atoms with E-state index in [4.69, 9.17) is 34.2 Å². The van der Waals surface area contributed by atoms with Crippen molar-refractivity contribution >= 4 is 76.5 Å². The number of hydrogen-bond donors (Lipinski definition) is 17. The molecule has 116 heavy (non-hydrogen) atoms. The third-order valence-corrected chi connectivity index (χ3v) is 19.1. The van der Waals surface area contributed by atoms with Crippen molar-refractivity contribution in [3.05, 3.63) is 67.5 Å². The molecule has 6 rings (SSSR count). The summed E-state index contributed by atoms with van der Waals surface area (Å²) in [6, 6.07) is -8.27. The minimum atomic E-state index is -1.75. The highest BCUT2D eigenvalue weighted by atomic mass is 19.1. The molecule has 18 N–H and O–H groups in total. The first kappa shape index (κ1) is 95.5. The van der Waals surface area contributed by atoms with Crippen LogP contribution in [0.15, 0.2) is 33.0 Å². The summed E-state index contributed by atoms with van der Waals surface area (Å²) in [7, 11) is 0. The van der Waals surface area contributed by atoms with E-state index in [9.17, 15) is 93.0 Å². The van der Waals surface area contributed by atoms with Gasteiger partial charge < -0.3 is 118 Å². The van der Waals surface area contributed by atoms with E-state index in [0.717, 1.165) is 0 Å². The average molecular weight is 1660 g/mol. The molecule has 3 aromatic rings. The van der Waals surface area contributed by atoms with Crippen LogP contribution >= 0.6 is 0 Å². The molecule has 3 aromatic heterocycles. The van der Waals surface area contributed by atoms with E-state index >= 15 is 13.2 Å². The highest BCUT2D eigenvalue weighted by Gasteiger charge is 2.47. The summed E-state index contributed by atoms with van der Waals surface area (Å²) in [6.45, 7) is 15.2. The van der Waals surface area contributed by atoms with E-state index < -0.39 is 303 Å². The molecule has 10 amide bonds. The van der Waals surface area contributed by atoms with Crippen LogP contribution in [0.25, 0.3) is 0 Å². The highest BCUT2D eigenvalue weighted by Crippen LogP contribution is 2.33. The van der Waals surface area contributed by atoms with Gasteiger partial charge in [-0.3, -0.25) is 61.6 Å². The molecule has 6 heterocycles. The van der Waals surface area contributed by atoms with Crippen molar-refractivity contribution in [1.82, 2.24) is 65.9 Å². The van der Waals surface area contributed by atoms with Gasteiger partial charge in [-0.15, -0.1) is 0 Å². The maximum absolute atomic E-state index is 15.4. The number of rotatable bonds is 43. The molecule has 0 spiro atoms. The van der Waals surface area contributed by atoms with E-state index in [1.165, 1.54) is 20.8 Å². The molecule has 0 radical (unpaired) electrons. The van der Waals surface area contributed by atoms with Crippen LogP contribution in [0.4, 0.5) is 30.6 Å². The summed E-state index contributed by atoms with van der Waals surface area (Å²) in [6.07, 6.45) is -14.9. The van der Waals surface area contributed by atoms with Crippen molar-refractivity contribution in [3.63, 3.8) is 0 Å². The van der Waals surface area contributed by atoms with Gasteiger partial charge in [0.15, 0.2) is 53.6 Å². The summed E-state index contributed by atoms with van der Waals surface area (Å²) in [5.74, 6) is -16.9. The largest absolute Gasteiger partial charge is 0.388 e. The van der Waals surface area contributed by atoms with Gasteiger partial charge in [-0.2, -0.15) is 15.0 Å². The van der Waals surface area contributed by atoms with Crippen LogP contribution in [0.5, 0.6) is 0 Å². The number of aliphatic hydroxyl groups is 6. The Bertz CT molecular complexity index is 3730. The predicted molar refractivity (Wildman–Crippen MR) is 398 cm³/mol. The molecule has 3 aliphatic heterocycles. The summed E-state index contributed by atoms with van der Waals surface area (Å²) in [4.78, 5) is 185. The van der Waals surface area contributed by atoms with Crippen LogP contribution in [0.3, 0.4) is 0 Å². The van der Waals surface area contributed by atoms with Crippen molar-refractivity contribution < 1.29 is 120 Å². The maximum atomic E-state index is 15.4. The Kier molecular flexibility index (Phi) is 36.0. The van der Waals surface area contributed by atoms with E-state index in [-0.39, 0.29) is 38.6 Å². The Labute approximate surface area is 663 Å². The van der Waals surface area contributed by atoms with Crippen LogP contribution in [-0.2, 0) is 76.4 Å². The molecule has 648 valence electrons. The molecule has 3 aliphatic rings. The van der Waals surface area contributed by atoms with Gasteiger partial charge in [-0.25, -0.2) is 27.6 Å². The fourth-order valence-corrected chi connectivity index (χ4v) is 12.3. The number of carbonyl (C=O) groups excluding carboxylic acids is 10. The monoisotopic (exact) mass is 1660 g/mol. The first-order chi connectivity index (χ1) is 54.6. The number of nitrogens with one attached hydrogen (secondary N) is 10. The predicted octanol–water partition coefficient (Wildman–Crippen LogP) is -4.17. The smallest absolute Gasteiger partial charge is 0.351 e. The van der Waals surface area contributed by atoms with Crippen molar-refractivity contribution in [1.29, 1.82) is 0 Å². The number of nitrogens with zero attached hydrogens (tertiary/aromatic N) is 6. The summed E-state index contributed by atoms with van der Waals surface area (Å²) >= 11 is 0. The lowest BCUT2D eigenvalue weighted by Gasteiger charge is -2.34. The van der Waals surface area contributed by atoms with Gasteiger partial charge in [0, 0.05) is 25.7 Å². The molecule has 45 heteroatoms. The lowest BCUT2D eigenvalue weighted by atomic mass is 10.0. The lowest BCUT2D eigenvalue weighted by Crippen LogP contribution is -2.59. The van der Waals surface area contributed by atoms with Crippen LogP contribution in [0, 0.1) is 35.2 Å². The molecule has 0 saturated carbocycles. The molecule has 42 nitrogen and oxygen atoms in total. The molecular formula is C71H108F3N17O25. The number of halogens is 3. The third kappa shape index (κ3) is 25.6. The molecule has 0 aromatic carbocycles. The first-order valence-electron chi connectivity index (χ1n) is 38.0. The van der Waals surface area contributed by atoms with Gasteiger partial charge in [0.1, 0.15) is 78.4 Å². The average Bonchev–Trinajstić information content (AvgIpc) is 1.62. The Morgan fingerprint density at radius 2 is 0.698 bits per heavy atom. The van der Waals surface area contributed by atoms with Crippen LogP contribution in [-0.4, -0.2) is 261 Å². The summed E-state index contributed by atoms with van der Waals surface area (Å²) < 4.78 is 82.5. The number of anilines is 3. The Morgan fingerprint density at radius 1 is 0.431 bits per heavy atom. The molecule has 3 saturated heterocycles. The van der Waals surface area contributed by atoms with Crippen LogP contribution in [0.1, 0.15) is 153 Å². The van der Waals surface area contributed by atoms with Gasteiger partial charge in [0.25, 0.3) is 0 Å². The molecular weight excluding hydrogens is 1550 g/mol. The van der Waals surface area contributed by atoms with E-state index in [1.54, 1.807) is 62.3 Å². The normalized spacial score (nSPS) is 22.9. The van der Waals surface area contributed by atoms with Crippen LogP contribution < -0.4 is 76.0 Å². The minimum Gasteiger partial charge on any atom is -0.388 e. The molecule has 0 unspecified atom stereocenters. The van der Waals surface area contributed by atoms with Gasteiger partial charge >= 0.3 is 17.1 Å². The fourth-order valence-electron chi connectivity index (χ4n) is 12.3. The highest BCUT2D eigenvalue weighted by molar-refractivity contribution is 6.00. The fraction of sp³-hybridized carbons (Fsp3) is 0.690. The van der Waals surface area contributed by atoms with E-state index in [2.05, 4.69) is 68.1 Å². The SMILES string of the molecule is CC[C@H]1O[C@@H](n2cc(F)c(NC(=O)[C@H](C)NC(=O)[C@@H](NC(=O)CCOCC(COCCC(=O)N[C@H](C(=O)N[C@@H](C)C(=O)Nc3nc(=O)n([C@@H]4O[C@H](CC)[C@@H](O)[C@H]4O)cc3F)C(C)C)(COCCC(=O)N[C@H](C(=O)N[C@@H](C)C(=O)Nc3nc(=O)n([C@@H]4O[C@H](CC)[C@@H](O)[C@H]4O)cc3F)C(C)C)NC(=O)CCCN)C(C)C)nc2=O)[C@H](O)[C@@H]1O. The topological polar surface area (TPSA) is 598 Å². The van der Waals surface area contributed by atoms with Gasteiger partial charge in [0.05, 0.1) is 76.5 Å². The van der Waals surface area contributed by atoms with E-state index in [0.29, 0.717) is 32.3 Å². The Morgan fingerprint density at radius 3 is 0.931 bits per heavy atom. The van der Waals surface area contributed by atoms with Gasteiger partial charge in [-0.05, 0) is 70.8 Å². The van der Waals surface area contributed by atoms with Crippen molar-refractivity contribution in [3.8, 4) is 0 Å². The van der Waals surface area contributed by atoms with Gasteiger partial charge in [0.2, 0.25) is 59.1 Å². The number of carbonyl (C=O) groups is 10. The van der Waals surface area contributed by atoms with Crippen molar-refractivity contribution in [2.45, 2.75) is 250 Å². The number of nitrogens with two attached hydrogens (primary N) is 1. The third-order valence-electron chi connectivity index (χ3n) is 19.1. The second-order valence-corrected chi connectivity index (χ2v) is 29.4. The molecule has 18 atom stereocenters. The second-order valence-electron chi connectivity index (χ2n) is 29.4. The van der Waals surface area contributed by atoms with Crippen molar-refractivity contribution in [2.24, 2.45) is 23.5 Å². The minimum absolute atomic E-state index is 0.0656. The number of amides is 10.